The van der Waals surface area contributed by atoms with Gasteiger partial charge in [0, 0.05) is 6.42 Å². The lowest BCUT2D eigenvalue weighted by Gasteiger charge is -2.19. The molecule has 1 aromatic carbocycles. The Hall–Kier alpha value is -2.94. The third-order valence-corrected chi connectivity index (χ3v) is 6.65. The maximum absolute atomic E-state index is 12.7. The Bertz CT molecular complexity index is 972. The average Bonchev–Trinajstić information content (AvgIpc) is 2.86. The van der Waals surface area contributed by atoms with E-state index in [0.29, 0.717) is 17.9 Å². The van der Waals surface area contributed by atoms with Gasteiger partial charge in [0.25, 0.3) is 0 Å². The zero-order valence-corrected chi connectivity index (χ0v) is 24.9. The highest BCUT2D eigenvalue weighted by atomic mass is 16.6. The summed E-state index contributed by atoms with van der Waals surface area (Å²) in [5, 5.41) is 0. The Balaban J connectivity index is 2.91. The molecule has 0 aliphatic carbocycles. The van der Waals surface area contributed by atoms with E-state index in [9.17, 15) is 19.2 Å². The third-order valence-electron chi connectivity index (χ3n) is 6.65. The molecule has 0 fully saturated rings. The van der Waals surface area contributed by atoms with Crippen LogP contribution in [0, 0.1) is 29.6 Å². The van der Waals surface area contributed by atoms with Gasteiger partial charge in [-0.2, -0.15) is 0 Å². The third kappa shape index (κ3) is 12.2. The summed E-state index contributed by atoms with van der Waals surface area (Å²) in [6, 6.07) is 3.71. The second-order valence-corrected chi connectivity index (χ2v) is 11.4. The zero-order chi connectivity index (χ0) is 29.9. The quantitative estimate of drug-likeness (QED) is 0.241. The molecule has 2 N–H and O–H groups in total. The number of carbonyl (C=O) groups is 4. The molecule has 39 heavy (non-hydrogen) atoms. The number of ether oxygens (including phenoxy) is 4. The lowest BCUT2D eigenvalue weighted by molar-refractivity contribution is -0.158. The van der Waals surface area contributed by atoms with Gasteiger partial charge < -0.3 is 24.7 Å². The molecule has 9 nitrogen and oxygen atoms in total. The molecule has 0 aliphatic heterocycles. The molecular weight excluding hydrogens is 502 g/mol. The van der Waals surface area contributed by atoms with Gasteiger partial charge in [-0.25, -0.2) is 0 Å². The molecule has 0 saturated heterocycles. The van der Waals surface area contributed by atoms with Crippen molar-refractivity contribution in [2.45, 2.75) is 93.7 Å². The Morgan fingerprint density at radius 1 is 0.769 bits per heavy atom. The van der Waals surface area contributed by atoms with Gasteiger partial charge in [-0.3, -0.25) is 19.2 Å². The summed E-state index contributed by atoms with van der Waals surface area (Å²) in [4.78, 5) is 49.6. The van der Waals surface area contributed by atoms with Crippen molar-refractivity contribution in [1.29, 1.82) is 0 Å². The van der Waals surface area contributed by atoms with Crippen molar-refractivity contribution in [1.82, 2.24) is 0 Å². The standard InChI is InChI=1S/C30H47NO8/c1-17(2)10-13-27(32)37-20(7)16-36-30(35)24(31)14-23-11-12-25(38-28(33)21(8)18(3)4)26(15-23)39-29(34)22(9)19(5)6/h11-12,15,17-22,24H,10,13-14,16,31H2,1-9H3/t20-,21?,22?,24-/m0/s1. The van der Waals surface area contributed by atoms with Crippen LogP contribution in [0.25, 0.3) is 0 Å². The highest BCUT2D eigenvalue weighted by Gasteiger charge is 2.25. The van der Waals surface area contributed by atoms with Crippen LogP contribution < -0.4 is 15.2 Å². The second kappa shape index (κ2) is 16.2. The van der Waals surface area contributed by atoms with Gasteiger partial charge >= 0.3 is 23.9 Å². The van der Waals surface area contributed by atoms with Gasteiger partial charge in [0.05, 0.1) is 11.8 Å². The first-order chi connectivity index (χ1) is 18.1. The molecule has 0 aliphatic rings. The Morgan fingerprint density at radius 3 is 1.82 bits per heavy atom. The first kappa shape index (κ1) is 34.1. The monoisotopic (exact) mass is 549 g/mol. The van der Waals surface area contributed by atoms with Crippen molar-refractivity contribution >= 4 is 23.9 Å². The van der Waals surface area contributed by atoms with Gasteiger partial charge in [-0.15, -0.1) is 0 Å². The SMILES string of the molecule is CC(C)CCC(=O)O[C@@H](C)COC(=O)[C@@H](N)Cc1ccc(OC(=O)C(C)C(C)C)c(OC(=O)C(C)C(C)C)c1. The maximum atomic E-state index is 12.7. The summed E-state index contributed by atoms with van der Waals surface area (Å²) >= 11 is 0. The fourth-order valence-electron chi connectivity index (χ4n) is 3.16. The summed E-state index contributed by atoms with van der Waals surface area (Å²) < 4.78 is 21.7. The molecule has 2 unspecified atom stereocenters. The van der Waals surface area contributed by atoms with Crippen LogP contribution in [0.4, 0.5) is 0 Å². The van der Waals surface area contributed by atoms with E-state index in [1.807, 2.05) is 41.5 Å². The van der Waals surface area contributed by atoms with Gasteiger partial charge in [-0.1, -0.05) is 61.5 Å². The van der Waals surface area contributed by atoms with Gasteiger partial charge in [0.2, 0.25) is 0 Å². The van der Waals surface area contributed by atoms with Gasteiger partial charge in [-0.05, 0) is 55.2 Å². The van der Waals surface area contributed by atoms with E-state index in [1.165, 1.54) is 6.07 Å². The minimum atomic E-state index is -1.01. The molecule has 220 valence electrons. The molecule has 9 heteroatoms. The normalized spacial score (nSPS) is 14.5. The van der Waals surface area contributed by atoms with Gasteiger partial charge in [0.1, 0.15) is 18.8 Å². The van der Waals surface area contributed by atoms with E-state index in [2.05, 4.69) is 0 Å². The van der Waals surface area contributed by atoms with E-state index in [4.69, 9.17) is 24.7 Å². The van der Waals surface area contributed by atoms with E-state index in [1.54, 1.807) is 32.9 Å². The predicted molar refractivity (Wildman–Crippen MR) is 148 cm³/mol. The molecule has 0 spiro atoms. The number of carbonyl (C=O) groups excluding carboxylic acids is 4. The molecule has 1 rings (SSSR count). The van der Waals surface area contributed by atoms with E-state index in [-0.39, 0.29) is 54.2 Å². The summed E-state index contributed by atoms with van der Waals surface area (Å²) in [5.74, 6) is -1.94. The van der Waals surface area contributed by atoms with E-state index in [0.717, 1.165) is 6.42 Å². The zero-order valence-electron chi connectivity index (χ0n) is 24.9. The van der Waals surface area contributed by atoms with Crippen LogP contribution in [0.3, 0.4) is 0 Å². The van der Waals surface area contributed by atoms with Crippen LogP contribution in [0.5, 0.6) is 11.5 Å². The minimum Gasteiger partial charge on any atom is -0.461 e. The predicted octanol–water partition coefficient (Wildman–Crippen LogP) is 4.86. The number of hydrogen-bond donors (Lipinski definition) is 1. The topological polar surface area (TPSA) is 131 Å². The first-order valence-electron chi connectivity index (χ1n) is 13.8. The van der Waals surface area contributed by atoms with Crippen molar-refractivity contribution in [3.63, 3.8) is 0 Å². The Morgan fingerprint density at radius 2 is 1.31 bits per heavy atom. The first-order valence-corrected chi connectivity index (χ1v) is 13.8. The fourth-order valence-corrected chi connectivity index (χ4v) is 3.16. The van der Waals surface area contributed by atoms with Crippen LogP contribution in [0.15, 0.2) is 18.2 Å². The molecule has 1 aromatic rings. The van der Waals surface area contributed by atoms with Crippen LogP contribution >= 0.6 is 0 Å². The fraction of sp³-hybridized carbons (Fsp3) is 0.667. The highest BCUT2D eigenvalue weighted by Crippen LogP contribution is 2.31. The van der Waals surface area contributed by atoms with Crippen LogP contribution in [0.2, 0.25) is 0 Å². The maximum Gasteiger partial charge on any atom is 0.323 e. The number of nitrogens with two attached hydrogens (primary N) is 1. The largest absolute Gasteiger partial charge is 0.461 e. The van der Waals surface area contributed by atoms with Crippen LogP contribution in [0.1, 0.15) is 80.7 Å². The molecule has 0 bridgehead atoms. The summed E-state index contributed by atoms with van der Waals surface area (Å²) in [6.45, 7) is 16.8. The summed E-state index contributed by atoms with van der Waals surface area (Å²) in [5.41, 5.74) is 6.66. The minimum absolute atomic E-state index is 0.0488. The van der Waals surface area contributed by atoms with Gasteiger partial charge in [0.15, 0.2) is 11.5 Å². The molecule has 0 saturated carbocycles. The molecule has 0 heterocycles. The van der Waals surface area contributed by atoms with Crippen molar-refractivity contribution < 1.29 is 38.1 Å². The van der Waals surface area contributed by atoms with Crippen LogP contribution in [-0.2, 0) is 35.1 Å². The van der Waals surface area contributed by atoms with Crippen molar-refractivity contribution in [3.8, 4) is 11.5 Å². The van der Waals surface area contributed by atoms with E-state index < -0.39 is 30.1 Å². The van der Waals surface area contributed by atoms with Crippen molar-refractivity contribution in [2.24, 2.45) is 35.3 Å². The highest BCUT2D eigenvalue weighted by molar-refractivity contribution is 5.79. The van der Waals surface area contributed by atoms with Crippen molar-refractivity contribution in [3.05, 3.63) is 23.8 Å². The number of esters is 4. The lowest BCUT2D eigenvalue weighted by atomic mass is 9.98. The molecule has 4 atom stereocenters. The number of rotatable bonds is 15. The molecule has 0 radical (unpaired) electrons. The Kier molecular flexibility index (Phi) is 14.2. The number of benzene rings is 1. The average molecular weight is 550 g/mol. The lowest BCUT2D eigenvalue weighted by Crippen LogP contribution is -2.36. The molecular formula is C30H47NO8. The smallest absolute Gasteiger partial charge is 0.323 e. The van der Waals surface area contributed by atoms with Crippen LogP contribution in [-0.4, -0.2) is 42.6 Å². The number of hydrogen-bond acceptors (Lipinski definition) is 9. The second-order valence-electron chi connectivity index (χ2n) is 11.4. The molecule has 0 aromatic heterocycles. The summed E-state index contributed by atoms with van der Waals surface area (Å²) in [6.07, 6.45) is 0.512. The summed E-state index contributed by atoms with van der Waals surface area (Å²) in [7, 11) is 0. The van der Waals surface area contributed by atoms with Crippen molar-refractivity contribution in [2.75, 3.05) is 6.61 Å². The molecule has 0 amide bonds. The Labute approximate surface area is 233 Å². The van der Waals surface area contributed by atoms with E-state index >= 15 is 0 Å².